The van der Waals surface area contributed by atoms with Crippen molar-refractivity contribution < 1.29 is 22.6 Å². The lowest BCUT2D eigenvalue weighted by Gasteiger charge is -2.09. The van der Waals surface area contributed by atoms with E-state index in [1.165, 1.54) is 12.1 Å². The van der Waals surface area contributed by atoms with E-state index >= 15 is 0 Å². The van der Waals surface area contributed by atoms with E-state index in [-0.39, 0.29) is 5.75 Å². The van der Waals surface area contributed by atoms with Gasteiger partial charge in [0.05, 0.1) is 6.61 Å². The molecule has 5 nitrogen and oxygen atoms in total. The molecule has 0 bridgehead atoms. The van der Waals surface area contributed by atoms with Crippen molar-refractivity contribution >= 4 is 5.65 Å². The molecular weight excluding hydrogens is 311 g/mol. The highest BCUT2D eigenvalue weighted by Crippen LogP contribution is 2.22. The Hall–Kier alpha value is -2.77. The monoisotopic (exact) mass is 323 g/mol. The van der Waals surface area contributed by atoms with Crippen LogP contribution in [0.5, 0.6) is 11.8 Å². The largest absolute Gasteiger partial charge is 0.573 e. The van der Waals surface area contributed by atoms with Gasteiger partial charge >= 0.3 is 12.4 Å². The molecule has 0 saturated carbocycles. The quantitative estimate of drug-likeness (QED) is 0.723. The van der Waals surface area contributed by atoms with Crippen LogP contribution in [0.1, 0.15) is 5.56 Å². The van der Waals surface area contributed by atoms with Gasteiger partial charge in [-0.2, -0.15) is 0 Å². The van der Waals surface area contributed by atoms with E-state index < -0.39 is 6.36 Å². The van der Waals surface area contributed by atoms with Crippen LogP contribution in [0.4, 0.5) is 13.2 Å². The minimum atomic E-state index is -4.68. The van der Waals surface area contributed by atoms with Crippen molar-refractivity contribution in [2.75, 3.05) is 6.61 Å². The smallest absolute Gasteiger partial charge is 0.463 e. The van der Waals surface area contributed by atoms with Crippen LogP contribution in [-0.4, -0.2) is 27.6 Å². The Morgan fingerprint density at radius 3 is 2.52 bits per heavy atom. The van der Waals surface area contributed by atoms with Gasteiger partial charge in [-0.3, -0.25) is 4.40 Å². The van der Waals surface area contributed by atoms with Crippen LogP contribution in [0.3, 0.4) is 0 Å². The molecule has 0 spiro atoms. The summed E-state index contributed by atoms with van der Waals surface area (Å²) in [4.78, 5) is 0. The van der Waals surface area contributed by atoms with E-state index in [4.69, 9.17) is 4.74 Å². The molecule has 0 atom stereocenters. The molecule has 0 aliphatic rings. The molecule has 0 radical (unpaired) electrons. The van der Waals surface area contributed by atoms with Gasteiger partial charge in [0.1, 0.15) is 5.75 Å². The van der Waals surface area contributed by atoms with Crippen molar-refractivity contribution in [3.05, 3.63) is 54.2 Å². The Morgan fingerprint density at radius 2 is 1.78 bits per heavy atom. The number of pyridine rings is 1. The van der Waals surface area contributed by atoms with Gasteiger partial charge in [0, 0.05) is 12.6 Å². The third-order valence-electron chi connectivity index (χ3n) is 3.06. The average Bonchev–Trinajstić information content (AvgIpc) is 2.91. The molecule has 0 fully saturated rings. The van der Waals surface area contributed by atoms with Gasteiger partial charge < -0.3 is 9.47 Å². The predicted molar refractivity (Wildman–Crippen MR) is 75.3 cm³/mol. The van der Waals surface area contributed by atoms with Gasteiger partial charge in [-0.05, 0) is 29.8 Å². The molecule has 0 aliphatic carbocycles. The van der Waals surface area contributed by atoms with Crippen LogP contribution < -0.4 is 9.47 Å². The van der Waals surface area contributed by atoms with Gasteiger partial charge in [0.25, 0.3) is 0 Å². The number of rotatable bonds is 5. The summed E-state index contributed by atoms with van der Waals surface area (Å²) in [6.45, 7) is 0.329. The lowest BCUT2D eigenvalue weighted by atomic mass is 10.1. The maximum atomic E-state index is 12.1. The third kappa shape index (κ3) is 3.91. The molecule has 0 amide bonds. The number of halogens is 3. The fourth-order valence-electron chi connectivity index (χ4n) is 2.04. The molecule has 23 heavy (non-hydrogen) atoms. The van der Waals surface area contributed by atoms with Crippen LogP contribution in [0.2, 0.25) is 0 Å². The molecule has 0 saturated heterocycles. The Balaban J connectivity index is 1.56. The van der Waals surface area contributed by atoms with Crippen LogP contribution in [0.25, 0.3) is 5.65 Å². The maximum absolute atomic E-state index is 12.1. The second-order valence-corrected chi connectivity index (χ2v) is 4.70. The van der Waals surface area contributed by atoms with Crippen molar-refractivity contribution in [1.82, 2.24) is 14.6 Å². The summed E-state index contributed by atoms with van der Waals surface area (Å²) in [5.41, 5.74) is 1.50. The van der Waals surface area contributed by atoms with Crippen molar-refractivity contribution in [3.63, 3.8) is 0 Å². The van der Waals surface area contributed by atoms with E-state index in [9.17, 15) is 13.2 Å². The summed E-state index contributed by atoms with van der Waals surface area (Å²) in [7, 11) is 0. The number of aromatic nitrogens is 3. The average molecular weight is 323 g/mol. The molecule has 120 valence electrons. The van der Waals surface area contributed by atoms with E-state index in [0.29, 0.717) is 24.7 Å². The highest BCUT2D eigenvalue weighted by atomic mass is 19.4. The van der Waals surface area contributed by atoms with Crippen LogP contribution >= 0.6 is 0 Å². The Morgan fingerprint density at radius 1 is 1.00 bits per heavy atom. The Kier molecular flexibility index (Phi) is 4.05. The summed E-state index contributed by atoms with van der Waals surface area (Å²) < 4.78 is 47.3. The minimum Gasteiger partial charge on any atom is -0.463 e. The van der Waals surface area contributed by atoms with E-state index in [1.54, 1.807) is 28.8 Å². The van der Waals surface area contributed by atoms with Crippen molar-refractivity contribution in [2.24, 2.45) is 0 Å². The molecule has 8 heteroatoms. The number of hydrogen-bond acceptors (Lipinski definition) is 4. The van der Waals surface area contributed by atoms with Crippen LogP contribution in [-0.2, 0) is 6.42 Å². The zero-order valence-electron chi connectivity index (χ0n) is 11.8. The van der Waals surface area contributed by atoms with E-state index in [0.717, 1.165) is 5.56 Å². The first kappa shape index (κ1) is 15.1. The van der Waals surface area contributed by atoms with E-state index in [2.05, 4.69) is 14.9 Å². The fourth-order valence-corrected chi connectivity index (χ4v) is 2.04. The lowest BCUT2D eigenvalue weighted by molar-refractivity contribution is -0.274. The lowest BCUT2D eigenvalue weighted by Crippen LogP contribution is -2.17. The number of alkyl halides is 3. The highest BCUT2D eigenvalue weighted by Gasteiger charge is 2.30. The molecule has 2 heterocycles. The molecule has 0 aliphatic heterocycles. The summed E-state index contributed by atoms with van der Waals surface area (Å²) >= 11 is 0. The number of hydrogen-bond donors (Lipinski definition) is 0. The molecule has 3 aromatic rings. The summed E-state index contributed by atoms with van der Waals surface area (Å²) in [5, 5.41) is 7.88. The van der Waals surface area contributed by atoms with Gasteiger partial charge in [0.15, 0.2) is 5.65 Å². The Labute approximate surface area is 129 Å². The number of benzene rings is 1. The maximum Gasteiger partial charge on any atom is 0.573 e. The molecule has 1 aromatic carbocycles. The second kappa shape index (κ2) is 6.15. The number of nitrogens with zero attached hydrogens (tertiary/aromatic N) is 3. The first-order chi connectivity index (χ1) is 11.0. The van der Waals surface area contributed by atoms with Crippen molar-refractivity contribution in [2.45, 2.75) is 12.8 Å². The fraction of sp³-hybridized carbons (Fsp3) is 0.200. The van der Waals surface area contributed by atoms with E-state index in [1.807, 2.05) is 12.1 Å². The molecule has 3 rings (SSSR count). The standard InChI is InChI=1S/C15H12F3N3O2/c16-15(17,18)23-12-6-4-11(5-7-12)8-10-22-14-20-19-13-3-1-2-9-21(13)14/h1-7,9H,8,10H2. The molecule has 0 unspecified atom stereocenters. The summed E-state index contributed by atoms with van der Waals surface area (Å²) in [5.74, 6) is -0.245. The highest BCUT2D eigenvalue weighted by molar-refractivity contribution is 5.38. The second-order valence-electron chi connectivity index (χ2n) is 4.70. The van der Waals surface area contributed by atoms with Crippen LogP contribution in [0, 0.1) is 0 Å². The normalized spacial score (nSPS) is 11.6. The minimum absolute atomic E-state index is 0.245. The van der Waals surface area contributed by atoms with Gasteiger partial charge in [0.2, 0.25) is 0 Å². The zero-order chi connectivity index (χ0) is 16.3. The number of fused-ring (bicyclic) bond motifs is 1. The Bertz CT molecular complexity index is 785. The van der Waals surface area contributed by atoms with Gasteiger partial charge in [-0.1, -0.05) is 23.3 Å². The van der Waals surface area contributed by atoms with Crippen molar-refractivity contribution in [3.8, 4) is 11.8 Å². The van der Waals surface area contributed by atoms with Crippen LogP contribution in [0.15, 0.2) is 48.7 Å². The zero-order valence-corrected chi connectivity index (χ0v) is 11.8. The van der Waals surface area contributed by atoms with Gasteiger partial charge in [-0.15, -0.1) is 18.3 Å². The SMILES string of the molecule is FC(F)(F)Oc1ccc(CCOc2nnc3ccccn23)cc1. The first-order valence-electron chi connectivity index (χ1n) is 6.78. The molecule has 2 aromatic heterocycles. The van der Waals surface area contributed by atoms with Crippen molar-refractivity contribution in [1.29, 1.82) is 0 Å². The summed E-state index contributed by atoms with van der Waals surface area (Å²) in [6, 6.07) is 11.5. The van der Waals surface area contributed by atoms with Gasteiger partial charge in [-0.25, -0.2) is 0 Å². The predicted octanol–water partition coefficient (Wildman–Crippen LogP) is 3.25. The molecule has 0 N–H and O–H groups in total. The summed E-state index contributed by atoms with van der Waals surface area (Å²) in [6.07, 6.45) is -2.37. The number of ether oxygens (including phenoxy) is 2. The first-order valence-corrected chi connectivity index (χ1v) is 6.78. The topological polar surface area (TPSA) is 48.7 Å². The third-order valence-corrected chi connectivity index (χ3v) is 3.06. The molecular formula is C15H12F3N3O2.